The molecule has 1 aromatic rings. The summed E-state index contributed by atoms with van der Waals surface area (Å²) < 4.78 is 1.25. The number of halogens is 1. The van der Waals surface area contributed by atoms with E-state index in [1.807, 2.05) is 0 Å². The summed E-state index contributed by atoms with van der Waals surface area (Å²) in [5.74, 6) is 0.205. The molecule has 1 unspecified atom stereocenters. The number of hydrogen-bond donors (Lipinski definition) is 1. The Hall–Kier alpha value is -0.580. The van der Waals surface area contributed by atoms with Crippen LogP contribution >= 0.6 is 22.6 Å². The van der Waals surface area contributed by atoms with E-state index < -0.39 is 0 Å². The van der Waals surface area contributed by atoms with E-state index in [-0.39, 0.29) is 5.91 Å². The van der Waals surface area contributed by atoms with E-state index >= 15 is 0 Å². The van der Waals surface area contributed by atoms with Crippen LogP contribution in [0.15, 0.2) is 24.3 Å². The molecule has 0 saturated carbocycles. The number of nitrogens with one attached hydrogen (secondary N) is 1. The van der Waals surface area contributed by atoms with Crippen molar-refractivity contribution >= 4 is 28.5 Å². The van der Waals surface area contributed by atoms with Gasteiger partial charge in [-0.25, -0.2) is 0 Å². The zero-order chi connectivity index (χ0) is 10.7. The van der Waals surface area contributed by atoms with Crippen molar-refractivity contribution < 1.29 is 4.79 Å². The number of carbonyl (C=O) groups is 1. The highest BCUT2D eigenvalue weighted by molar-refractivity contribution is 14.1. The topological polar surface area (TPSA) is 29.1 Å². The van der Waals surface area contributed by atoms with Crippen molar-refractivity contribution in [1.82, 2.24) is 5.32 Å². The Morgan fingerprint density at radius 1 is 1.33 bits per heavy atom. The Morgan fingerprint density at radius 3 is 2.73 bits per heavy atom. The first kappa shape index (κ1) is 10.9. The van der Waals surface area contributed by atoms with E-state index in [0.717, 1.165) is 19.3 Å². The first-order chi connectivity index (χ1) is 7.24. The second kappa shape index (κ2) is 4.96. The van der Waals surface area contributed by atoms with Gasteiger partial charge in [0.2, 0.25) is 5.91 Å². The molecule has 1 aliphatic rings. The molecule has 1 aromatic carbocycles. The fourth-order valence-electron chi connectivity index (χ4n) is 1.94. The van der Waals surface area contributed by atoms with Crippen LogP contribution in [0.3, 0.4) is 0 Å². The molecular weight excluding hydrogens is 301 g/mol. The highest BCUT2D eigenvalue weighted by atomic mass is 127. The molecule has 1 aliphatic heterocycles. The van der Waals surface area contributed by atoms with Gasteiger partial charge in [0.15, 0.2) is 0 Å². The van der Waals surface area contributed by atoms with E-state index in [2.05, 4.69) is 52.2 Å². The SMILES string of the molecule is O=C1CCCC(Cc2ccc(I)cc2)N1. The van der Waals surface area contributed by atoms with Crippen molar-refractivity contribution in [2.75, 3.05) is 0 Å². The van der Waals surface area contributed by atoms with E-state index in [1.165, 1.54) is 9.13 Å². The third kappa shape index (κ3) is 3.19. The van der Waals surface area contributed by atoms with Gasteiger partial charge in [0.1, 0.15) is 0 Å². The number of hydrogen-bond acceptors (Lipinski definition) is 1. The molecule has 1 fully saturated rings. The average molecular weight is 315 g/mol. The summed E-state index contributed by atoms with van der Waals surface area (Å²) in [6.07, 6.45) is 3.80. The first-order valence-corrected chi connectivity index (χ1v) is 6.36. The predicted octanol–water partition coefficient (Wildman–Crippen LogP) is 2.50. The van der Waals surface area contributed by atoms with Gasteiger partial charge >= 0.3 is 0 Å². The highest BCUT2D eigenvalue weighted by Gasteiger charge is 2.17. The zero-order valence-corrected chi connectivity index (χ0v) is 10.7. The molecule has 0 radical (unpaired) electrons. The number of carbonyl (C=O) groups excluding carboxylic acids is 1. The van der Waals surface area contributed by atoms with Gasteiger partial charge in [0.05, 0.1) is 0 Å². The van der Waals surface area contributed by atoms with Gasteiger partial charge in [-0.05, 0) is 59.5 Å². The summed E-state index contributed by atoms with van der Waals surface area (Å²) in [5.41, 5.74) is 1.31. The quantitative estimate of drug-likeness (QED) is 0.835. The first-order valence-electron chi connectivity index (χ1n) is 5.28. The van der Waals surface area contributed by atoms with Crippen LogP contribution in [0.2, 0.25) is 0 Å². The Morgan fingerprint density at radius 2 is 2.07 bits per heavy atom. The summed E-state index contributed by atoms with van der Waals surface area (Å²) in [6, 6.07) is 8.85. The molecule has 1 heterocycles. The highest BCUT2D eigenvalue weighted by Crippen LogP contribution is 2.14. The number of rotatable bonds is 2. The lowest BCUT2D eigenvalue weighted by Crippen LogP contribution is -2.39. The van der Waals surface area contributed by atoms with Crippen molar-refractivity contribution in [1.29, 1.82) is 0 Å². The van der Waals surface area contributed by atoms with Gasteiger partial charge in [-0.1, -0.05) is 12.1 Å². The summed E-state index contributed by atoms with van der Waals surface area (Å²) in [5, 5.41) is 3.04. The standard InChI is InChI=1S/C12H14INO/c13-10-6-4-9(5-7-10)8-11-2-1-3-12(15)14-11/h4-7,11H,1-3,8H2,(H,14,15). The van der Waals surface area contributed by atoms with Crippen LogP contribution in [0.4, 0.5) is 0 Å². The minimum Gasteiger partial charge on any atom is -0.353 e. The molecule has 1 saturated heterocycles. The molecule has 2 rings (SSSR count). The Balaban J connectivity index is 1.96. The number of piperidine rings is 1. The lowest BCUT2D eigenvalue weighted by molar-refractivity contribution is -0.123. The Labute approximate surface area is 104 Å². The summed E-state index contributed by atoms with van der Waals surface area (Å²) >= 11 is 2.30. The fourth-order valence-corrected chi connectivity index (χ4v) is 2.30. The van der Waals surface area contributed by atoms with Crippen molar-refractivity contribution in [2.24, 2.45) is 0 Å². The van der Waals surface area contributed by atoms with Crippen molar-refractivity contribution in [3.05, 3.63) is 33.4 Å². The molecule has 15 heavy (non-hydrogen) atoms. The van der Waals surface area contributed by atoms with Crippen molar-refractivity contribution in [2.45, 2.75) is 31.7 Å². The van der Waals surface area contributed by atoms with E-state index in [9.17, 15) is 4.79 Å². The van der Waals surface area contributed by atoms with Crippen LogP contribution in [-0.2, 0) is 11.2 Å². The molecule has 0 spiro atoms. The smallest absolute Gasteiger partial charge is 0.220 e. The van der Waals surface area contributed by atoms with E-state index in [4.69, 9.17) is 0 Å². The second-order valence-corrected chi connectivity index (χ2v) is 5.23. The van der Waals surface area contributed by atoms with E-state index in [0.29, 0.717) is 12.5 Å². The maximum atomic E-state index is 11.2. The van der Waals surface area contributed by atoms with Gasteiger partial charge in [-0.15, -0.1) is 0 Å². The molecular formula is C12H14INO. The molecule has 80 valence electrons. The van der Waals surface area contributed by atoms with Gasteiger partial charge in [0, 0.05) is 16.0 Å². The Bertz CT molecular complexity index is 347. The van der Waals surface area contributed by atoms with Crippen LogP contribution in [0.1, 0.15) is 24.8 Å². The minimum absolute atomic E-state index is 0.205. The lowest BCUT2D eigenvalue weighted by atomic mass is 9.97. The van der Waals surface area contributed by atoms with Crippen molar-refractivity contribution in [3.63, 3.8) is 0 Å². The fraction of sp³-hybridized carbons (Fsp3) is 0.417. The van der Waals surface area contributed by atoms with Crippen molar-refractivity contribution in [3.8, 4) is 0 Å². The third-order valence-electron chi connectivity index (χ3n) is 2.72. The molecule has 1 atom stereocenters. The Kier molecular flexibility index (Phi) is 3.61. The maximum Gasteiger partial charge on any atom is 0.220 e. The average Bonchev–Trinajstić information content (AvgIpc) is 2.22. The van der Waals surface area contributed by atoms with Crippen LogP contribution in [0, 0.1) is 3.57 Å². The van der Waals surface area contributed by atoms with Gasteiger partial charge in [-0.3, -0.25) is 4.79 Å². The zero-order valence-electron chi connectivity index (χ0n) is 8.50. The second-order valence-electron chi connectivity index (χ2n) is 3.99. The van der Waals surface area contributed by atoms with Crippen LogP contribution in [-0.4, -0.2) is 11.9 Å². The van der Waals surface area contributed by atoms with E-state index in [1.54, 1.807) is 0 Å². The summed E-state index contributed by atoms with van der Waals surface area (Å²) in [7, 11) is 0. The minimum atomic E-state index is 0.205. The van der Waals surface area contributed by atoms with Crippen LogP contribution < -0.4 is 5.32 Å². The molecule has 3 heteroatoms. The molecule has 1 amide bonds. The molecule has 2 nitrogen and oxygen atoms in total. The summed E-state index contributed by atoms with van der Waals surface area (Å²) in [6.45, 7) is 0. The monoisotopic (exact) mass is 315 g/mol. The number of amides is 1. The largest absolute Gasteiger partial charge is 0.353 e. The number of benzene rings is 1. The lowest BCUT2D eigenvalue weighted by Gasteiger charge is -2.23. The van der Waals surface area contributed by atoms with Crippen LogP contribution in [0.25, 0.3) is 0 Å². The molecule has 0 bridgehead atoms. The molecule has 1 N–H and O–H groups in total. The summed E-state index contributed by atoms with van der Waals surface area (Å²) in [4.78, 5) is 11.2. The van der Waals surface area contributed by atoms with Gasteiger partial charge in [-0.2, -0.15) is 0 Å². The van der Waals surface area contributed by atoms with Gasteiger partial charge < -0.3 is 5.32 Å². The normalized spacial score (nSPS) is 21.1. The third-order valence-corrected chi connectivity index (χ3v) is 3.44. The van der Waals surface area contributed by atoms with Crippen LogP contribution in [0.5, 0.6) is 0 Å². The maximum absolute atomic E-state index is 11.2. The molecule has 0 aromatic heterocycles. The van der Waals surface area contributed by atoms with Gasteiger partial charge in [0.25, 0.3) is 0 Å². The molecule has 0 aliphatic carbocycles. The predicted molar refractivity (Wildman–Crippen MR) is 68.6 cm³/mol.